The first kappa shape index (κ1) is 24.8. The number of phosphoric ester groups is 1. The molecule has 0 N–H and O–H groups in total. The van der Waals surface area contributed by atoms with Gasteiger partial charge in [-0.2, -0.15) is 0 Å². The molecule has 2 aliphatic rings. The first-order valence-electron chi connectivity index (χ1n) is 11.5. The quantitative estimate of drug-likeness (QED) is 0.186. The molecular formula is C27H31O6P. The van der Waals surface area contributed by atoms with E-state index in [-0.39, 0.29) is 33.0 Å². The topological polar surface area (TPSA) is 63.2 Å². The molecule has 7 heteroatoms. The first-order valence-corrected chi connectivity index (χ1v) is 13.0. The number of rotatable bonds is 15. The average Bonchev–Trinajstić information content (AvgIpc) is 3.45. The lowest BCUT2D eigenvalue weighted by Crippen LogP contribution is -2.11. The van der Waals surface area contributed by atoms with Gasteiger partial charge in [-0.3, -0.25) is 13.6 Å². The normalized spacial score (nSPS) is 14.5. The zero-order chi connectivity index (χ0) is 23.6. The van der Waals surface area contributed by atoms with Gasteiger partial charge in [0.15, 0.2) is 0 Å². The SMILES string of the molecule is C=CCOP(=O)(OCCOCC1=Cc2ccccc2C1)OCCOCC1=Cc2ccccc2C1. The number of hydrogen-bond donors (Lipinski definition) is 0. The van der Waals surface area contributed by atoms with Crippen LogP contribution >= 0.6 is 7.82 Å². The molecule has 2 aliphatic carbocycles. The summed E-state index contributed by atoms with van der Waals surface area (Å²) in [4.78, 5) is 0. The number of fused-ring (bicyclic) bond motifs is 2. The van der Waals surface area contributed by atoms with E-state index in [0.717, 1.165) is 12.8 Å². The molecule has 0 bridgehead atoms. The summed E-state index contributed by atoms with van der Waals surface area (Å²) in [5.74, 6) is 0. The second-order valence-corrected chi connectivity index (χ2v) is 9.83. The van der Waals surface area contributed by atoms with Crippen LogP contribution in [0.25, 0.3) is 12.2 Å². The third-order valence-corrected chi connectivity index (χ3v) is 7.01. The average molecular weight is 483 g/mol. The predicted octanol–water partition coefficient (Wildman–Crippen LogP) is 5.64. The van der Waals surface area contributed by atoms with Gasteiger partial charge in [0.05, 0.1) is 46.2 Å². The van der Waals surface area contributed by atoms with Crippen molar-refractivity contribution in [3.63, 3.8) is 0 Å². The molecule has 0 spiro atoms. The Morgan fingerprint density at radius 1 is 0.735 bits per heavy atom. The van der Waals surface area contributed by atoms with Crippen LogP contribution in [0.4, 0.5) is 0 Å². The number of ether oxygens (including phenoxy) is 2. The van der Waals surface area contributed by atoms with Crippen molar-refractivity contribution in [2.75, 3.05) is 46.2 Å². The maximum atomic E-state index is 12.9. The van der Waals surface area contributed by atoms with Crippen LogP contribution in [0.3, 0.4) is 0 Å². The highest BCUT2D eigenvalue weighted by Crippen LogP contribution is 2.49. The molecule has 2 aromatic rings. The molecular weight excluding hydrogens is 451 g/mol. The monoisotopic (exact) mass is 482 g/mol. The summed E-state index contributed by atoms with van der Waals surface area (Å²) in [6.45, 7) is 5.42. The molecule has 0 saturated heterocycles. The molecule has 0 unspecified atom stereocenters. The highest BCUT2D eigenvalue weighted by Gasteiger charge is 2.26. The van der Waals surface area contributed by atoms with E-state index in [4.69, 9.17) is 23.0 Å². The van der Waals surface area contributed by atoms with E-state index >= 15 is 0 Å². The maximum absolute atomic E-state index is 12.9. The molecule has 0 radical (unpaired) electrons. The first-order chi connectivity index (χ1) is 16.6. The fourth-order valence-electron chi connectivity index (χ4n) is 3.97. The van der Waals surface area contributed by atoms with Crippen molar-refractivity contribution >= 4 is 20.0 Å². The lowest BCUT2D eigenvalue weighted by molar-refractivity contribution is 0.0574. The third-order valence-electron chi connectivity index (χ3n) is 5.54. The van der Waals surface area contributed by atoms with Crippen LogP contribution in [0.2, 0.25) is 0 Å². The Hall–Kier alpha value is -2.31. The van der Waals surface area contributed by atoms with E-state index < -0.39 is 7.82 Å². The fourth-order valence-corrected chi connectivity index (χ4v) is 5.07. The Morgan fingerprint density at radius 3 is 1.71 bits per heavy atom. The van der Waals surface area contributed by atoms with Crippen molar-refractivity contribution in [1.29, 1.82) is 0 Å². The van der Waals surface area contributed by atoms with Gasteiger partial charge in [-0.15, -0.1) is 6.58 Å². The summed E-state index contributed by atoms with van der Waals surface area (Å²) in [5.41, 5.74) is 7.52. The van der Waals surface area contributed by atoms with Crippen molar-refractivity contribution in [3.8, 4) is 0 Å². The van der Waals surface area contributed by atoms with Crippen LogP contribution in [-0.4, -0.2) is 46.2 Å². The van der Waals surface area contributed by atoms with Crippen molar-refractivity contribution in [2.45, 2.75) is 12.8 Å². The van der Waals surface area contributed by atoms with Crippen molar-refractivity contribution in [3.05, 3.63) is 94.6 Å². The summed E-state index contributed by atoms with van der Waals surface area (Å²) in [6, 6.07) is 16.6. The molecule has 0 aliphatic heterocycles. The summed E-state index contributed by atoms with van der Waals surface area (Å²) in [7, 11) is -3.72. The maximum Gasteiger partial charge on any atom is 0.475 e. The zero-order valence-electron chi connectivity index (χ0n) is 19.3. The van der Waals surface area contributed by atoms with Crippen LogP contribution in [-0.2, 0) is 40.5 Å². The molecule has 0 aromatic heterocycles. The van der Waals surface area contributed by atoms with Gasteiger partial charge in [-0.05, 0) is 46.2 Å². The Bertz CT molecular complexity index is 1010. The van der Waals surface area contributed by atoms with Crippen molar-refractivity contribution in [1.82, 2.24) is 0 Å². The van der Waals surface area contributed by atoms with E-state index in [1.54, 1.807) is 0 Å². The summed E-state index contributed by atoms with van der Waals surface area (Å²) >= 11 is 0. The Balaban J connectivity index is 1.12. The minimum Gasteiger partial charge on any atom is -0.375 e. The van der Waals surface area contributed by atoms with Gasteiger partial charge in [0.1, 0.15) is 0 Å². The van der Waals surface area contributed by atoms with Crippen LogP contribution < -0.4 is 0 Å². The molecule has 4 rings (SSSR count). The van der Waals surface area contributed by atoms with Gasteiger partial charge in [0, 0.05) is 0 Å². The van der Waals surface area contributed by atoms with Gasteiger partial charge in [-0.25, -0.2) is 4.57 Å². The van der Waals surface area contributed by atoms with Crippen molar-refractivity contribution < 1.29 is 27.6 Å². The van der Waals surface area contributed by atoms with Crippen LogP contribution in [0, 0.1) is 0 Å². The van der Waals surface area contributed by atoms with Gasteiger partial charge >= 0.3 is 7.82 Å². The largest absolute Gasteiger partial charge is 0.475 e. The molecule has 0 heterocycles. The molecule has 180 valence electrons. The Morgan fingerprint density at radius 2 is 1.24 bits per heavy atom. The molecule has 0 fully saturated rings. The summed E-state index contributed by atoms with van der Waals surface area (Å²) < 4.78 is 40.4. The standard InChI is InChI=1S/C27H31O6P/c1-2-11-31-34(28,32-14-12-29-20-22-16-24-7-3-4-8-25(24)17-22)33-15-13-30-21-23-18-26-9-5-6-10-27(26)19-23/h2-10,16,18H,1,11-15,17,19-21H2. The molecule has 0 atom stereocenters. The van der Waals surface area contributed by atoms with Gasteiger partial charge in [0.25, 0.3) is 0 Å². The minimum atomic E-state index is -3.72. The van der Waals surface area contributed by atoms with E-state index in [9.17, 15) is 4.57 Å². The molecule has 0 amide bonds. The second kappa shape index (κ2) is 12.4. The number of hydrogen-bond acceptors (Lipinski definition) is 6. The van der Waals surface area contributed by atoms with Gasteiger partial charge < -0.3 is 9.47 Å². The van der Waals surface area contributed by atoms with E-state index in [0.29, 0.717) is 13.2 Å². The van der Waals surface area contributed by atoms with E-state index in [1.165, 1.54) is 39.5 Å². The molecule has 6 nitrogen and oxygen atoms in total. The summed E-state index contributed by atoms with van der Waals surface area (Å²) in [6.07, 6.45) is 7.59. The van der Waals surface area contributed by atoms with E-state index in [2.05, 4.69) is 43.0 Å². The highest BCUT2D eigenvalue weighted by molar-refractivity contribution is 7.48. The zero-order valence-corrected chi connectivity index (χ0v) is 20.2. The lowest BCUT2D eigenvalue weighted by Gasteiger charge is -2.17. The smallest absolute Gasteiger partial charge is 0.375 e. The highest BCUT2D eigenvalue weighted by atomic mass is 31.2. The summed E-state index contributed by atoms with van der Waals surface area (Å²) in [5, 5.41) is 0. The minimum absolute atomic E-state index is 0.0648. The predicted molar refractivity (Wildman–Crippen MR) is 134 cm³/mol. The molecule has 2 aromatic carbocycles. The van der Waals surface area contributed by atoms with Crippen LogP contribution in [0.5, 0.6) is 0 Å². The van der Waals surface area contributed by atoms with Crippen molar-refractivity contribution in [2.24, 2.45) is 0 Å². The Labute approximate surface area is 201 Å². The van der Waals surface area contributed by atoms with Crippen LogP contribution in [0.1, 0.15) is 22.3 Å². The lowest BCUT2D eigenvalue weighted by atomic mass is 10.1. The fraction of sp³-hybridized carbons (Fsp3) is 0.333. The van der Waals surface area contributed by atoms with Crippen LogP contribution in [0.15, 0.2) is 72.3 Å². The number of phosphoric acid groups is 1. The van der Waals surface area contributed by atoms with Gasteiger partial charge in [-0.1, -0.05) is 66.8 Å². The molecule has 34 heavy (non-hydrogen) atoms. The third kappa shape index (κ3) is 7.09. The van der Waals surface area contributed by atoms with Gasteiger partial charge in [0.2, 0.25) is 0 Å². The second-order valence-electron chi connectivity index (χ2n) is 8.16. The Kier molecular flexibility index (Phi) is 9.05. The number of benzene rings is 2. The van der Waals surface area contributed by atoms with E-state index in [1.807, 2.05) is 24.3 Å². The molecule has 0 saturated carbocycles.